The molecule has 2 aliphatic rings. The van der Waals surface area contributed by atoms with Crippen molar-refractivity contribution < 1.29 is 41.4 Å². The number of aryl methyl sites for hydroxylation is 1. The van der Waals surface area contributed by atoms with Gasteiger partial charge in [0.2, 0.25) is 19.1 Å². The first-order valence-electron chi connectivity index (χ1n) is 8.16. The lowest BCUT2D eigenvalue weighted by atomic mass is 10.00. The Morgan fingerprint density at radius 3 is 2.30 bits per heavy atom. The largest absolute Gasteiger partial charge is 1.00 e. The van der Waals surface area contributed by atoms with E-state index in [9.17, 15) is 0 Å². The predicted molar refractivity (Wildman–Crippen MR) is 96.0 cm³/mol. The fourth-order valence-corrected chi connectivity index (χ4v) is 3.91. The van der Waals surface area contributed by atoms with Gasteiger partial charge in [-0.1, -0.05) is 6.07 Å². The molecule has 0 fully saturated rings. The van der Waals surface area contributed by atoms with Crippen molar-refractivity contribution in [3.05, 3.63) is 42.6 Å². The second kappa shape index (κ2) is 6.04. The molecule has 4 aromatic rings. The van der Waals surface area contributed by atoms with Crippen LogP contribution >= 0.6 is 0 Å². The van der Waals surface area contributed by atoms with Crippen molar-refractivity contribution in [1.82, 2.24) is 0 Å². The van der Waals surface area contributed by atoms with E-state index in [1.165, 1.54) is 5.39 Å². The molecule has 7 heteroatoms. The van der Waals surface area contributed by atoms with Crippen molar-refractivity contribution in [1.29, 1.82) is 0 Å². The van der Waals surface area contributed by atoms with Gasteiger partial charge >= 0.3 is 0 Å². The molecular weight excluding hydrogens is 370 g/mol. The highest BCUT2D eigenvalue weighted by atomic mass is 35.5. The van der Waals surface area contributed by atoms with Gasteiger partial charge in [-0.25, -0.2) is 0 Å². The molecule has 0 bridgehead atoms. The molecule has 3 aromatic carbocycles. The fraction of sp³-hybridized carbons (Fsp3) is 0.150. The van der Waals surface area contributed by atoms with E-state index in [2.05, 4.69) is 42.1 Å². The lowest BCUT2D eigenvalue weighted by Gasteiger charge is -2.08. The normalized spacial score (nSPS) is 13.7. The van der Waals surface area contributed by atoms with Gasteiger partial charge in [-0.2, -0.15) is 4.57 Å². The van der Waals surface area contributed by atoms with Gasteiger partial charge in [-0.05, 0) is 35.7 Å². The van der Waals surface area contributed by atoms with Gasteiger partial charge in [0.1, 0.15) is 7.05 Å². The van der Waals surface area contributed by atoms with Gasteiger partial charge in [0.15, 0.2) is 29.2 Å². The molecule has 0 atom stereocenters. The van der Waals surface area contributed by atoms with E-state index in [-0.39, 0.29) is 31.5 Å². The Hall–Kier alpha value is -2.96. The van der Waals surface area contributed by atoms with Crippen molar-refractivity contribution in [2.75, 3.05) is 13.6 Å². The minimum Gasteiger partial charge on any atom is -1.00 e. The summed E-state index contributed by atoms with van der Waals surface area (Å²) in [5, 5.41) is 5.66. The summed E-state index contributed by atoms with van der Waals surface area (Å²) in [6, 6.07) is 12.5. The van der Waals surface area contributed by atoms with E-state index in [4.69, 9.17) is 18.9 Å². The van der Waals surface area contributed by atoms with Crippen LogP contribution in [0.2, 0.25) is 0 Å². The Bertz CT molecular complexity index is 1220. The second-order valence-corrected chi connectivity index (χ2v) is 6.39. The van der Waals surface area contributed by atoms with Crippen LogP contribution in [-0.4, -0.2) is 19.1 Å². The zero-order valence-electron chi connectivity index (χ0n) is 14.4. The molecule has 3 heterocycles. The molecule has 2 aliphatic heterocycles. The molecule has 0 spiro atoms. The maximum Gasteiger partial charge on any atom is 0.231 e. The van der Waals surface area contributed by atoms with Crippen molar-refractivity contribution in [2.24, 2.45) is 7.05 Å². The standard InChI is InChI=1S/C20H14NO4.ClH.H2O/c1-21-8-15-12(4-5-16-20(15)25-10-22-16)13-3-2-11-6-17-18(24-9-23-17)7-14(11)19(13)21;;/h2-8H,9-10H2,1H3;1H;1H2/q+1;;/p-1. The summed E-state index contributed by atoms with van der Waals surface area (Å²) in [7, 11) is 2.06. The number of pyridine rings is 1. The highest BCUT2D eigenvalue weighted by Gasteiger charge is 2.24. The third-order valence-corrected chi connectivity index (χ3v) is 5.03. The number of fused-ring (bicyclic) bond motifs is 8. The molecule has 0 unspecified atom stereocenters. The Morgan fingerprint density at radius 1 is 0.741 bits per heavy atom. The summed E-state index contributed by atoms with van der Waals surface area (Å²) in [6.07, 6.45) is 2.11. The van der Waals surface area contributed by atoms with Crippen molar-refractivity contribution in [3.8, 4) is 23.0 Å². The fourth-order valence-electron chi connectivity index (χ4n) is 3.91. The smallest absolute Gasteiger partial charge is 0.231 e. The summed E-state index contributed by atoms with van der Waals surface area (Å²) >= 11 is 0. The van der Waals surface area contributed by atoms with Crippen LogP contribution in [0.1, 0.15) is 0 Å². The molecule has 0 saturated heterocycles. The van der Waals surface area contributed by atoms with Crippen LogP contribution in [0.4, 0.5) is 0 Å². The van der Waals surface area contributed by atoms with Crippen LogP contribution in [0.3, 0.4) is 0 Å². The molecule has 2 N–H and O–H groups in total. The molecule has 0 amide bonds. The first kappa shape index (κ1) is 17.5. The van der Waals surface area contributed by atoms with Crippen LogP contribution in [0.25, 0.3) is 32.4 Å². The zero-order valence-corrected chi connectivity index (χ0v) is 15.2. The van der Waals surface area contributed by atoms with E-state index in [0.717, 1.165) is 50.1 Å². The average Bonchev–Trinajstić information content (AvgIpc) is 3.28. The highest BCUT2D eigenvalue weighted by molar-refractivity contribution is 6.15. The van der Waals surface area contributed by atoms with Gasteiger partial charge in [0.25, 0.3) is 0 Å². The van der Waals surface area contributed by atoms with Crippen LogP contribution in [0.5, 0.6) is 23.0 Å². The number of hydrogen-bond donors (Lipinski definition) is 0. The van der Waals surface area contributed by atoms with E-state index in [1.54, 1.807) is 0 Å². The van der Waals surface area contributed by atoms with Crippen LogP contribution in [0.15, 0.2) is 42.6 Å². The quantitative estimate of drug-likeness (QED) is 0.305. The van der Waals surface area contributed by atoms with E-state index >= 15 is 0 Å². The summed E-state index contributed by atoms with van der Waals surface area (Å²) in [4.78, 5) is 0. The molecule has 6 rings (SSSR count). The Labute approximate surface area is 160 Å². The number of aromatic nitrogens is 1. The van der Waals surface area contributed by atoms with E-state index < -0.39 is 0 Å². The molecular formula is C20H16ClNO5. The SMILES string of the molecule is C[n+]1cc2c3c(ccc2c2ccc4cc5c(cc4c21)OCO5)OCO3.O.[Cl-]. The molecule has 0 aliphatic carbocycles. The lowest BCUT2D eigenvalue weighted by Crippen LogP contribution is -3.00. The number of benzene rings is 3. The molecule has 0 radical (unpaired) electrons. The highest BCUT2D eigenvalue weighted by Crippen LogP contribution is 2.42. The maximum absolute atomic E-state index is 5.69. The van der Waals surface area contributed by atoms with Crippen molar-refractivity contribution >= 4 is 32.4 Å². The summed E-state index contributed by atoms with van der Waals surface area (Å²) in [6.45, 7) is 0.555. The monoisotopic (exact) mass is 385 g/mol. The van der Waals surface area contributed by atoms with Gasteiger partial charge in [-0.15, -0.1) is 0 Å². The first-order valence-corrected chi connectivity index (χ1v) is 8.16. The lowest BCUT2D eigenvalue weighted by molar-refractivity contribution is -0.642. The summed E-state index contributed by atoms with van der Waals surface area (Å²) in [5.74, 6) is 3.22. The molecule has 138 valence electrons. The Balaban J connectivity index is 0.000000900. The van der Waals surface area contributed by atoms with Gasteiger partial charge < -0.3 is 36.8 Å². The number of hydrogen-bond acceptors (Lipinski definition) is 4. The average molecular weight is 386 g/mol. The van der Waals surface area contributed by atoms with E-state index in [0.29, 0.717) is 0 Å². The third kappa shape index (κ3) is 2.27. The van der Waals surface area contributed by atoms with Gasteiger partial charge in [0, 0.05) is 5.39 Å². The molecule has 6 nitrogen and oxygen atoms in total. The van der Waals surface area contributed by atoms with Gasteiger partial charge in [0.05, 0.1) is 16.2 Å². The molecule has 27 heavy (non-hydrogen) atoms. The van der Waals surface area contributed by atoms with Crippen LogP contribution in [-0.2, 0) is 7.05 Å². The molecule has 1 aromatic heterocycles. The minimum absolute atomic E-state index is 0. The van der Waals surface area contributed by atoms with Crippen molar-refractivity contribution in [3.63, 3.8) is 0 Å². The number of nitrogens with zero attached hydrogens (tertiary/aromatic N) is 1. The Morgan fingerprint density at radius 2 is 1.44 bits per heavy atom. The number of rotatable bonds is 0. The number of halogens is 1. The summed E-state index contributed by atoms with van der Waals surface area (Å²) in [5.41, 5.74) is 1.15. The topological polar surface area (TPSA) is 72.3 Å². The minimum atomic E-state index is 0. The second-order valence-electron chi connectivity index (χ2n) is 6.39. The number of ether oxygens (including phenoxy) is 4. The molecule has 0 saturated carbocycles. The van der Waals surface area contributed by atoms with Crippen LogP contribution < -0.4 is 35.9 Å². The predicted octanol–water partition coefficient (Wildman–Crippen LogP) is -0.393. The van der Waals surface area contributed by atoms with Crippen molar-refractivity contribution in [2.45, 2.75) is 0 Å². The van der Waals surface area contributed by atoms with Crippen LogP contribution in [0, 0.1) is 0 Å². The van der Waals surface area contributed by atoms with E-state index in [1.807, 2.05) is 12.1 Å². The first-order chi connectivity index (χ1) is 12.3. The maximum atomic E-state index is 5.69. The summed E-state index contributed by atoms with van der Waals surface area (Å²) < 4.78 is 24.4. The third-order valence-electron chi connectivity index (χ3n) is 5.03. The Kier molecular flexibility index (Phi) is 3.91. The zero-order chi connectivity index (χ0) is 16.5. The van der Waals surface area contributed by atoms with Gasteiger partial charge in [-0.3, -0.25) is 0 Å².